The monoisotopic (exact) mass is 363 g/mol. The summed E-state index contributed by atoms with van der Waals surface area (Å²) in [7, 11) is 1.58. The zero-order valence-corrected chi connectivity index (χ0v) is 16.7. The molecule has 1 rings (SSSR count). The number of para-hydroxylation sites is 1. The molecular formula is C20H29NO5. The van der Waals surface area contributed by atoms with E-state index in [0.717, 1.165) is 10.5 Å². The summed E-state index contributed by atoms with van der Waals surface area (Å²) in [5, 5.41) is 0. The highest BCUT2D eigenvalue weighted by molar-refractivity contribution is 5.88. The van der Waals surface area contributed by atoms with E-state index in [1.165, 1.54) is 0 Å². The molecule has 0 aliphatic rings. The van der Waals surface area contributed by atoms with Crippen LogP contribution in [0.25, 0.3) is 6.08 Å². The lowest BCUT2D eigenvalue weighted by atomic mass is 10.2. The van der Waals surface area contributed by atoms with Crippen LogP contribution < -0.4 is 4.74 Å². The summed E-state index contributed by atoms with van der Waals surface area (Å²) < 4.78 is 15.9. The van der Waals surface area contributed by atoms with Gasteiger partial charge >= 0.3 is 12.2 Å². The molecule has 0 aliphatic heterocycles. The second-order valence-electron chi connectivity index (χ2n) is 7.72. The molecule has 0 bridgehead atoms. The minimum Gasteiger partial charge on any atom is -0.496 e. The topological polar surface area (TPSA) is 65.1 Å². The van der Waals surface area contributed by atoms with E-state index in [9.17, 15) is 9.59 Å². The number of amides is 2. The predicted octanol–water partition coefficient (Wildman–Crippen LogP) is 4.88. The van der Waals surface area contributed by atoms with E-state index >= 15 is 0 Å². The molecule has 2 amide bonds. The first-order valence-corrected chi connectivity index (χ1v) is 8.46. The second-order valence-corrected chi connectivity index (χ2v) is 7.72. The molecule has 6 nitrogen and oxygen atoms in total. The van der Waals surface area contributed by atoms with Gasteiger partial charge in [0.05, 0.1) is 13.7 Å². The zero-order valence-electron chi connectivity index (χ0n) is 16.7. The van der Waals surface area contributed by atoms with Crippen LogP contribution in [0, 0.1) is 0 Å². The van der Waals surface area contributed by atoms with Crippen molar-refractivity contribution < 1.29 is 23.8 Å². The van der Waals surface area contributed by atoms with E-state index in [0.29, 0.717) is 5.75 Å². The molecule has 26 heavy (non-hydrogen) atoms. The first kappa shape index (κ1) is 21.5. The molecule has 0 aromatic heterocycles. The highest BCUT2D eigenvalue weighted by Gasteiger charge is 2.30. The minimum atomic E-state index is -0.753. The lowest BCUT2D eigenvalue weighted by molar-refractivity contribution is 0.00377. The average Bonchev–Trinajstić information content (AvgIpc) is 2.48. The first-order valence-electron chi connectivity index (χ1n) is 8.46. The number of benzene rings is 1. The Hall–Kier alpha value is -2.50. The number of carbonyl (C=O) groups is 2. The van der Waals surface area contributed by atoms with Gasteiger partial charge in [0.1, 0.15) is 17.0 Å². The van der Waals surface area contributed by atoms with Gasteiger partial charge in [0.15, 0.2) is 0 Å². The molecule has 0 aliphatic carbocycles. The normalized spacial score (nSPS) is 12.0. The Labute approximate surface area is 155 Å². The maximum Gasteiger partial charge on any atom is 0.420 e. The summed E-state index contributed by atoms with van der Waals surface area (Å²) in [5.41, 5.74) is -0.601. The van der Waals surface area contributed by atoms with Crippen molar-refractivity contribution in [3.05, 3.63) is 35.9 Å². The number of methoxy groups -OCH3 is 1. The summed E-state index contributed by atoms with van der Waals surface area (Å²) in [6, 6.07) is 7.45. The van der Waals surface area contributed by atoms with Gasteiger partial charge in [0.25, 0.3) is 0 Å². The molecule has 0 N–H and O–H groups in total. The number of hydrogen-bond acceptors (Lipinski definition) is 5. The zero-order chi connectivity index (χ0) is 20.0. The molecule has 0 radical (unpaired) electrons. The number of hydrogen-bond donors (Lipinski definition) is 0. The summed E-state index contributed by atoms with van der Waals surface area (Å²) in [6.07, 6.45) is 1.96. The van der Waals surface area contributed by atoms with Crippen LogP contribution in [0.1, 0.15) is 47.1 Å². The van der Waals surface area contributed by atoms with Gasteiger partial charge in [-0.05, 0) is 47.6 Å². The summed E-state index contributed by atoms with van der Waals surface area (Å²) in [6.45, 7) is 10.4. The molecule has 0 saturated carbocycles. The van der Waals surface area contributed by atoms with E-state index in [4.69, 9.17) is 14.2 Å². The number of imide groups is 1. The molecule has 1 aromatic rings. The fraction of sp³-hybridized carbons (Fsp3) is 0.500. The Morgan fingerprint density at radius 1 is 0.962 bits per heavy atom. The van der Waals surface area contributed by atoms with Crippen LogP contribution in [-0.4, -0.2) is 41.9 Å². The Balaban J connectivity index is 2.96. The third-order valence-corrected chi connectivity index (χ3v) is 2.95. The third kappa shape index (κ3) is 7.59. The molecule has 0 unspecified atom stereocenters. The third-order valence-electron chi connectivity index (χ3n) is 2.95. The van der Waals surface area contributed by atoms with E-state index < -0.39 is 23.4 Å². The molecule has 1 aromatic carbocycles. The van der Waals surface area contributed by atoms with E-state index in [-0.39, 0.29) is 6.54 Å². The van der Waals surface area contributed by atoms with E-state index in [1.54, 1.807) is 60.8 Å². The fourth-order valence-electron chi connectivity index (χ4n) is 1.95. The maximum atomic E-state index is 12.4. The Kier molecular flexibility index (Phi) is 7.24. The van der Waals surface area contributed by atoms with Gasteiger partial charge in [0.2, 0.25) is 0 Å². The summed E-state index contributed by atoms with van der Waals surface area (Å²) in [4.78, 5) is 25.7. The van der Waals surface area contributed by atoms with E-state index in [2.05, 4.69) is 0 Å². The molecular weight excluding hydrogens is 334 g/mol. The smallest absolute Gasteiger partial charge is 0.420 e. The summed E-state index contributed by atoms with van der Waals surface area (Å²) in [5.74, 6) is 0.699. The first-order chi connectivity index (χ1) is 11.9. The highest BCUT2D eigenvalue weighted by atomic mass is 16.6. The van der Waals surface area contributed by atoms with Crippen molar-refractivity contribution in [1.29, 1.82) is 0 Å². The SMILES string of the molecule is COc1ccccc1/C=C/CN(C(=O)OC(C)(C)C)C(=O)OC(C)(C)C. The second kappa shape index (κ2) is 8.74. The number of rotatable bonds is 4. The van der Waals surface area contributed by atoms with Crippen LogP contribution in [0.5, 0.6) is 5.75 Å². The Morgan fingerprint density at radius 2 is 1.46 bits per heavy atom. The Bertz CT molecular complexity index is 625. The van der Waals surface area contributed by atoms with Crippen molar-refractivity contribution >= 4 is 18.3 Å². The molecule has 0 heterocycles. The van der Waals surface area contributed by atoms with Gasteiger partial charge < -0.3 is 14.2 Å². The van der Waals surface area contributed by atoms with Crippen LogP contribution in [0.15, 0.2) is 30.3 Å². The van der Waals surface area contributed by atoms with Crippen LogP contribution in [0.2, 0.25) is 0 Å². The maximum absolute atomic E-state index is 12.4. The number of nitrogens with zero attached hydrogens (tertiary/aromatic N) is 1. The molecule has 0 saturated heterocycles. The Morgan fingerprint density at radius 3 is 1.92 bits per heavy atom. The van der Waals surface area contributed by atoms with Crippen molar-refractivity contribution in [3.63, 3.8) is 0 Å². The predicted molar refractivity (Wildman–Crippen MR) is 101 cm³/mol. The minimum absolute atomic E-state index is 0.0157. The fourth-order valence-corrected chi connectivity index (χ4v) is 1.95. The average molecular weight is 363 g/mol. The van der Waals surface area contributed by atoms with Crippen LogP contribution >= 0.6 is 0 Å². The van der Waals surface area contributed by atoms with E-state index in [1.807, 2.05) is 24.3 Å². The standard InChI is InChI=1S/C20H29NO5/c1-19(2,3)25-17(22)21(18(23)26-20(4,5)6)14-10-12-15-11-8-9-13-16(15)24-7/h8-13H,14H2,1-7H3/b12-10+. The molecule has 0 spiro atoms. The van der Waals surface area contributed by atoms with Crippen molar-refractivity contribution in [2.45, 2.75) is 52.7 Å². The van der Waals surface area contributed by atoms with Crippen LogP contribution in [0.3, 0.4) is 0 Å². The van der Waals surface area contributed by atoms with Crippen molar-refractivity contribution in [3.8, 4) is 5.75 Å². The van der Waals surface area contributed by atoms with Crippen LogP contribution in [-0.2, 0) is 9.47 Å². The summed E-state index contributed by atoms with van der Waals surface area (Å²) >= 11 is 0. The molecule has 0 fully saturated rings. The van der Waals surface area contributed by atoms with Gasteiger partial charge in [-0.2, -0.15) is 0 Å². The molecule has 6 heteroatoms. The molecule has 144 valence electrons. The molecule has 0 atom stereocenters. The lowest BCUT2D eigenvalue weighted by Gasteiger charge is -2.28. The lowest BCUT2D eigenvalue weighted by Crippen LogP contribution is -2.43. The van der Waals surface area contributed by atoms with Crippen molar-refractivity contribution in [1.82, 2.24) is 4.90 Å². The van der Waals surface area contributed by atoms with Crippen molar-refractivity contribution in [2.75, 3.05) is 13.7 Å². The van der Waals surface area contributed by atoms with Crippen LogP contribution in [0.4, 0.5) is 9.59 Å². The van der Waals surface area contributed by atoms with Gasteiger partial charge in [-0.15, -0.1) is 0 Å². The van der Waals surface area contributed by atoms with Gasteiger partial charge in [0, 0.05) is 5.56 Å². The number of ether oxygens (including phenoxy) is 3. The quantitative estimate of drug-likeness (QED) is 0.763. The largest absolute Gasteiger partial charge is 0.496 e. The highest BCUT2D eigenvalue weighted by Crippen LogP contribution is 2.19. The van der Waals surface area contributed by atoms with Gasteiger partial charge in [-0.3, -0.25) is 0 Å². The van der Waals surface area contributed by atoms with Gasteiger partial charge in [-0.25, -0.2) is 14.5 Å². The van der Waals surface area contributed by atoms with Crippen molar-refractivity contribution in [2.24, 2.45) is 0 Å². The number of carbonyl (C=O) groups excluding carboxylic acids is 2. The van der Waals surface area contributed by atoms with Gasteiger partial charge in [-0.1, -0.05) is 30.4 Å².